The molecule has 6 nitrogen and oxygen atoms in total. The quantitative estimate of drug-likeness (QED) is 0.795. The molecule has 6 heteroatoms. The molecule has 21 heavy (non-hydrogen) atoms. The van der Waals surface area contributed by atoms with Gasteiger partial charge in [0.2, 0.25) is 0 Å². The summed E-state index contributed by atoms with van der Waals surface area (Å²) < 4.78 is 10.9. The first-order valence-corrected chi connectivity index (χ1v) is 7.00. The van der Waals surface area contributed by atoms with Gasteiger partial charge in [-0.2, -0.15) is 0 Å². The topological polar surface area (TPSA) is 75.5 Å². The highest BCUT2D eigenvalue weighted by molar-refractivity contribution is 5.99. The van der Waals surface area contributed by atoms with Gasteiger partial charge in [0.05, 0.1) is 12.8 Å². The van der Waals surface area contributed by atoms with Crippen molar-refractivity contribution in [1.82, 2.24) is 16.2 Å². The number of para-hydroxylation sites is 1. The Kier molecular flexibility index (Phi) is 3.92. The molecule has 1 saturated heterocycles. The van der Waals surface area contributed by atoms with Crippen LogP contribution in [0.15, 0.2) is 28.7 Å². The molecule has 3 rings (SSSR count). The number of amides is 1. The van der Waals surface area contributed by atoms with E-state index in [9.17, 15) is 4.79 Å². The summed E-state index contributed by atoms with van der Waals surface area (Å²) in [6.45, 7) is 2.39. The molecule has 0 saturated carbocycles. The molecule has 1 aromatic heterocycles. The van der Waals surface area contributed by atoms with Gasteiger partial charge in [0.1, 0.15) is 5.58 Å². The highest BCUT2D eigenvalue weighted by atomic mass is 16.5. The van der Waals surface area contributed by atoms with Crippen LogP contribution in [0.1, 0.15) is 29.5 Å². The molecule has 0 spiro atoms. The van der Waals surface area contributed by atoms with Gasteiger partial charge in [0, 0.05) is 24.1 Å². The fraction of sp³-hybridized carbons (Fsp3) is 0.400. The van der Waals surface area contributed by atoms with Gasteiger partial charge in [-0.15, -0.1) is 0 Å². The van der Waals surface area contributed by atoms with Crippen LogP contribution in [-0.2, 0) is 11.3 Å². The number of rotatable bonds is 4. The molecule has 1 fully saturated rings. The second kappa shape index (κ2) is 5.85. The van der Waals surface area contributed by atoms with Crippen LogP contribution in [-0.4, -0.2) is 25.2 Å². The number of nitrogens with one attached hydrogen (secondary N) is 3. The van der Waals surface area contributed by atoms with Crippen LogP contribution in [0.3, 0.4) is 0 Å². The molecule has 112 valence electrons. The summed E-state index contributed by atoms with van der Waals surface area (Å²) in [5.74, 6) is 0.0889. The third-order valence-corrected chi connectivity index (χ3v) is 3.59. The molecule has 3 N–H and O–H groups in total. The van der Waals surface area contributed by atoms with Crippen LogP contribution < -0.4 is 16.2 Å². The van der Waals surface area contributed by atoms with E-state index in [2.05, 4.69) is 23.1 Å². The minimum Gasteiger partial charge on any atom is -0.451 e. The van der Waals surface area contributed by atoms with Gasteiger partial charge in [-0.25, -0.2) is 5.43 Å². The highest BCUT2D eigenvalue weighted by Crippen LogP contribution is 2.26. The number of ether oxygens (including phenoxy) is 1. The van der Waals surface area contributed by atoms with Crippen molar-refractivity contribution in [1.29, 1.82) is 0 Å². The van der Waals surface area contributed by atoms with Gasteiger partial charge in [-0.1, -0.05) is 18.2 Å². The molecule has 1 aromatic carbocycles. The van der Waals surface area contributed by atoms with Gasteiger partial charge in [0.15, 0.2) is 5.76 Å². The number of hydrogen-bond acceptors (Lipinski definition) is 5. The van der Waals surface area contributed by atoms with E-state index in [1.807, 2.05) is 24.3 Å². The molecule has 2 atom stereocenters. The van der Waals surface area contributed by atoms with Crippen LogP contribution in [0, 0.1) is 0 Å². The fourth-order valence-electron chi connectivity index (χ4n) is 2.60. The monoisotopic (exact) mass is 289 g/mol. The Balaban J connectivity index is 1.88. The molecular formula is C15H19N3O3. The van der Waals surface area contributed by atoms with Crippen molar-refractivity contribution in [2.24, 2.45) is 0 Å². The lowest BCUT2D eigenvalue weighted by molar-refractivity contribution is 0.0900. The van der Waals surface area contributed by atoms with Gasteiger partial charge < -0.3 is 14.5 Å². The Morgan fingerprint density at radius 1 is 1.43 bits per heavy atom. The summed E-state index contributed by atoms with van der Waals surface area (Å²) >= 11 is 0. The first-order chi connectivity index (χ1) is 10.2. The zero-order valence-electron chi connectivity index (χ0n) is 12.1. The first kappa shape index (κ1) is 14.1. The second-order valence-corrected chi connectivity index (χ2v) is 5.29. The standard InChI is InChI=1S/C15H19N3O3/c1-9-7-13(18-17-9)16-15(19)14-11(8-20-2)10-5-3-4-6-12(10)21-14/h3-6,9,13,17-18H,7-8H2,1-2H3,(H,16,19). The van der Waals surface area contributed by atoms with Gasteiger partial charge >= 0.3 is 0 Å². The summed E-state index contributed by atoms with van der Waals surface area (Å²) in [6, 6.07) is 7.91. The smallest absolute Gasteiger partial charge is 0.288 e. The summed E-state index contributed by atoms with van der Waals surface area (Å²) in [7, 11) is 1.60. The maximum Gasteiger partial charge on any atom is 0.288 e. The van der Waals surface area contributed by atoms with E-state index in [0.717, 1.165) is 17.4 Å². The number of furan rings is 1. The third-order valence-electron chi connectivity index (χ3n) is 3.59. The van der Waals surface area contributed by atoms with E-state index in [-0.39, 0.29) is 12.1 Å². The Morgan fingerprint density at radius 3 is 2.95 bits per heavy atom. The number of carbonyl (C=O) groups is 1. The molecule has 0 bridgehead atoms. The van der Waals surface area contributed by atoms with Crippen molar-refractivity contribution in [2.75, 3.05) is 7.11 Å². The van der Waals surface area contributed by atoms with Crippen LogP contribution in [0.2, 0.25) is 0 Å². The van der Waals surface area contributed by atoms with Crippen molar-refractivity contribution in [3.05, 3.63) is 35.6 Å². The Hall–Kier alpha value is -1.89. The number of benzene rings is 1. The lowest BCUT2D eigenvalue weighted by atomic mass is 10.1. The fourth-order valence-corrected chi connectivity index (χ4v) is 2.60. The predicted octanol–water partition coefficient (Wildman–Crippen LogP) is 1.52. The van der Waals surface area contributed by atoms with Crippen molar-refractivity contribution < 1.29 is 13.9 Å². The summed E-state index contributed by atoms with van der Waals surface area (Å²) in [5.41, 5.74) is 7.59. The first-order valence-electron chi connectivity index (χ1n) is 7.00. The molecule has 2 unspecified atom stereocenters. The molecule has 2 aromatic rings. The maximum atomic E-state index is 12.4. The molecule has 1 aliphatic rings. The van der Waals surface area contributed by atoms with E-state index in [1.54, 1.807) is 7.11 Å². The number of methoxy groups -OCH3 is 1. The van der Waals surface area contributed by atoms with Crippen molar-refractivity contribution in [3.63, 3.8) is 0 Å². The molecule has 0 radical (unpaired) electrons. The number of hydrogen-bond donors (Lipinski definition) is 3. The van der Waals surface area contributed by atoms with E-state index in [4.69, 9.17) is 9.15 Å². The summed E-state index contributed by atoms with van der Waals surface area (Å²) in [6.07, 6.45) is 0.724. The number of carbonyl (C=O) groups excluding carboxylic acids is 1. The number of hydrazine groups is 1. The van der Waals surface area contributed by atoms with Crippen LogP contribution >= 0.6 is 0 Å². The van der Waals surface area contributed by atoms with E-state index < -0.39 is 0 Å². The maximum absolute atomic E-state index is 12.4. The lowest BCUT2D eigenvalue weighted by Gasteiger charge is -2.11. The zero-order valence-corrected chi connectivity index (χ0v) is 12.1. The minimum atomic E-state index is -0.230. The molecule has 1 amide bonds. The summed E-state index contributed by atoms with van der Waals surface area (Å²) in [5, 5.41) is 3.84. The molecule has 0 aliphatic carbocycles. The second-order valence-electron chi connectivity index (χ2n) is 5.29. The average molecular weight is 289 g/mol. The summed E-state index contributed by atoms with van der Waals surface area (Å²) in [4.78, 5) is 12.4. The van der Waals surface area contributed by atoms with Crippen LogP contribution in [0.4, 0.5) is 0 Å². The van der Waals surface area contributed by atoms with E-state index in [1.165, 1.54) is 0 Å². The van der Waals surface area contributed by atoms with Crippen molar-refractivity contribution in [2.45, 2.75) is 32.2 Å². The van der Waals surface area contributed by atoms with Gasteiger partial charge in [-0.3, -0.25) is 10.2 Å². The van der Waals surface area contributed by atoms with Crippen molar-refractivity contribution in [3.8, 4) is 0 Å². The third kappa shape index (κ3) is 2.78. The van der Waals surface area contributed by atoms with Gasteiger partial charge in [0.25, 0.3) is 5.91 Å². The Morgan fingerprint density at radius 2 is 2.24 bits per heavy atom. The normalized spacial score (nSPS) is 21.8. The lowest BCUT2D eigenvalue weighted by Crippen LogP contribution is -2.44. The predicted molar refractivity (Wildman–Crippen MR) is 78.5 cm³/mol. The zero-order chi connectivity index (χ0) is 14.8. The Labute approximate surface area is 122 Å². The number of fused-ring (bicyclic) bond motifs is 1. The van der Waals surface area contributed by atoms with Crippen LogP contribution in [0.5, 0.6) is 0 Å². The average Bonchev–Trinajstić information content (AvgIpc) is 3.04. The highest BCUT2D eigenvalue weighted by Gasteiger charge is 2.26. The molecular weight excluding hydrogens is 270 g/mol. The van der Waals surface area contributed by atoms with Crippen LogP contribution in [0.25, 0.3) is 11.0 Å². The van der Waals surface area contributed by atoms with E-state index >= 15 is 0 Å². The molecule has 2 heterocycles. The minimum absolute atomic E-state index is 0.101. The van der Waals surface area contributed by atoms with Crippen molar-refractivity contribution >= 4 is 16.9 Å². The van der Waals surface area contributed by atoms with Gasteiger partial charge in [-0.05, 0) is 19.4 Å². The SMILES string of the molecule is COCc1c(C(=O)NC2CC(C)NN2)oc2ccccc12. The van der Waals surface area contributed by atoms with E-state index in [0.29, 0.717) is 24.0 Å². The molecule has 1 aliphatic heterocycles. The largest absolute Gasteiger partial charge is 0.451 e. The Bertz CT molecular complexity index is 653.